The molecule has 0 aliphatic rings. The largest absolute Gasteiger partial charge is 0.322 e. The molecular formula is C22H23N5O. The van der Waals surface area contributed by atoms with Crippen molar-refractivity contribution in [2.75, 3.05) is 5.32 Å². The number of hydrogen-bond donors (Lipinski definition) is 1. The van der Waals surface area contributed by atoms with Gasteiger partial charge in [-0.05, 0) is 57.0 Å². The summed E-state index contributed by atoms with van der Waals surface area (Å²) in [6.07, 6.45) is 4.01. The number of rotatable bonds is 3. The molecule has 28 heavy (non-hydrogen) atoms. The summed E-state index contributed by atoms with van der Waals surface area (Å²) < 4.78 is 3.73. The van der Waals surface area contributed by atoms with Gasteiger partial charge in [-0.2, -0.15) is 5.10 Å². The molecule has 0 atom stereocenters. The fraction of sp³-hybridized carbons (Fsp3) is 0.227. The Bertz CT molecular complexity index is 1220. The minimum absolute atomic E-state index is 0.144. The van der Waals surface area contributed by atoms with E-state index in [1.54, 1.807) is 4.68 Å². The highest BCUT2D eigenvalue weighted by Crippen LogP contribution is 2.26. The topological polar surface area (TPSA) is 64.2 Å². The average molecular weight is 373 g/mol. The van der Waals surface area contributed by atoms with Crippen LogP contribution in [0.5, 0.6) is 0 Å². The summed E-state index contributed by atoms with van der Waals surface area (Å²) in [5, 5.41) is 7.38. The summed E-state index contributed by atoms with van der Waals surface area (Å²) >= 11 is 0. The first kappa shape index (κ1) is 18.0. The van der Waals surface area contributed by atoms with Gasteiger partial charge in [0.15, 0.2) is 0 Å². The number of anilines is 1. The predicted octanol–water partition coefficient (Wildman–Crippen LogP) is 4.22. The fourth-order valence-corrected chi connectivity index (χ4v) is 3.43. The van der Waals surface area contributed by atoms with Crippen LogP contribution < -0.4 is 5.32 Å². The summed E-state index contributed by atoms with van der Waals surface area (Å²) in [4.78, 5) is 17.6. The number of benzene rings is 1. The Morgan fingerprint density at radius 1 is 1.07 bits per heavy atom. The maximum Gasteiger partial charge on any atom is 0.259 e. The second kappa shape index (κ2) is 6.64. The summed E-state index contributed by atoms with van der Waals surface area (Å²) in [6.45, 7) is 7.78. The van der Waals surface area contributed by atoms with Gasteiger partial charge in [0.1, 0.15) is 5.65 Å². The highest BCUT2D eigenvalue weighted by molar-refractivity contribution is 6.06. The van der Waals surface area contributed by atoms with Gasteiger partial charge in [0.05, 0.1) is 17.0 Å². The standard InChI is InChI=1S/C22H23N5O/c1-13-8-9-27-12-19(23-20(27)10-13)17-7-6-14(2)18(11-17)24-22(28)21-15(3)25-26(5)16(21)4/h6-12H,1-5H3,(H,24,28). The zero-order valence-electron chi connectivity index (χ0n) is 16.7. The number of hydrogen-bond acceptors (Lipinski definition) is 3. The number of aryl methyl sites for hydroxylation is 4. The maximum atomic E-state index is 12.9. The molecule has 3 aromatic heterocycles. The van der Waals surface area contributed by atoms with E-state index >= 15 is 0 Å². The van der Waals surface area contributed by atoms with E-state index in [0.29, 0.717) is 5.56 Å². The lowest BCUT2D eigenvalue weighted by Gasteiger charge is -2.10. The Hall–Kier alpha value is -3.41. The van der Waals surface area contributed by atoms with Gasteiger partial charge in [0, 0.05) is 36.4 Å². The zero-order valence-corrected chi connectivity index (χ0v) is 16.7. The van der Waals surface area contributed by atoms with Crippen LogP contribution in [0.2, 0.25) is 0 Å². The lowest BCUT2D eigenvalue weighted by atomic mass is 10.1. The molecule has 6 heteroatoms. The molecule has 1 aromatic carbocycles. The predicted molar refractivity (Wildman–Crippen MR) is 111 cm³/mol. The van der Waals surface area contributed by atoms with Crippen LogP contribution in [0, 0.1) is 27.7 Å². The third kappa shape index (κ3) is 3.07. The molecule has 0 aliphatic heterocycles. The van der Waals surface area contributed by atoms with Crippen LogP contribution >= 0.6 is 0 Å². The Morgan fingerprint density at radius 2 is 1.86 bits per heavy atom. The molecule has 0 fully saturated rings. The van der Waals surface area contributed by atoms with E-state index in [1.807, 2.05) is 68.9 Å². The van der Waals surface area contributed by atoms with Gasteiger partial charge in [-0.1, -0.05) is 12.1 Å². The van der Waals surface area contributed by atoms with E-state index in [-0.39, 0.29) is 5.91 Å². The van der Waals surface area contributed by atoms with E-state index in [2.05, 4.69) is 23.4 Å². The first-order valence-electron chi connectivity index (χ1n) is 9.21. The number of carbonyl (C=O) groups is 1. The molecular weight excluding hydrogens is 350 g/mol. The van der Waals surface area contributed by atoms with Gasteiger partial charge in [0.2, 0.25) is 0 Å². The van der Waals surface area contributed by atoms with Crippen molar-refractivity contribution in [2.45, 2.75) is 27.7 Å². The van der Waals surface area contributed by atoms with Crippen molar-refractivity contribution in [2.24, 2.45) is 7.05 Å². The Labute approximate surface area is 163 Å². The van der Waals surface area contributed by atoms with E-state index in [4.69, 9.17) is 4.98 Å². The van der Waals surface area contributed by atoms with Gasteiger partial charge < -0.3 is 9.72 Å². The van der Waals surface area contributed by atoms with Gasteiger partial charge >= 0.3 is 0 Å². The summed E-state index contributed by atoms with van der Waals surface area (Å²) in [5.74, 6) is -0.144. The zero-order chi connectivity index (χ0) is 20.0. The van der Waals surface area contributed by atoms with Crippen LogP contribution in [0.15, 0.2) is 42.7 Å². The number of imidazole rings is 1. The molecule has 6 nitrogen and oxygen atoms in total. The fourth-order valence-electron chi connectivity index (χ4n) is 3.43. The summed E-state index contributed by atoms with van der Waals surface area (Å²) in [5.41, 5.74) is 7.87. The lowest BCUT2D eigenvalue weighted by Crippen LogP contribution is -2.15. The molecule has 0 spiro atoms. The second-order valence-electron chi connectivity index (χ2n) is 7.25. The normalized spacial score (nSPS) is 11.2. The highest BCUT2D eigenvalue weighted by atomic mass is 16.1. The van der Waals surface area contributed by atoms with E-state index < -0.39 is 0 Å². The van der Waals surface area contributed by atoms with Crippen LogP contribution in [0.25, 0.3) is 16.9 Å². The quantitative estimate of drug-likeness (QED) is 0.585. The number of fused-ring (bicyclic) bond motifs is 1. The highest BCUT2D eigenvalue weighted by Gasteiger charge is 2.18. The molecule has 4 rings (SSSR count). The SMILES string of the molecule is Cc1ccn2cc(-c3ccc(C)c(NC(=O)c4c(C)nn(C)c4C)c3)nc2c1. The smallest absolute Gasteiger partial charge is 0.259 e. The van der Waals surface area contributed by atoms with E-state index in [9.17, 15) is 4.79 Å². The van der Waals surface area contributed by atoms with Crippen LogP contribution in [-0.4, -0.2) is 25.1 Å². The summed E-state index contributed by atoms with van der Waals surface area (Å²) in [7, 11) is 1.84. The molecule has 4 aromatic rings. The van der Waals surface area contributed by atoms with Crippen LogP contribution in [0.1, 0.15) is 32.9 Å². The molecule has 142 valence electrons. The number of pyridine rings is 1. The Kier molecular flexibility index (Phi) is 4.26. The van der Waals surface area contributed by atoms with Crippen LogP contribution in [-0.2, 0) is 7.05 Å². The molecule has 3 heterocycles. The number of carbonyl (C=O) groups excluding carboxylic acids is 1. The van der Waals surface area contributed by atoms with Crippen molar-refractivity contribution < 1.29 is 4.79 Å². The third-order valence-electron chi connectivity index (χ3n) is 5.13. The lowest BCUT2D eigenvalue weighted by molar-refractivity contribution is 0.102. The first-order valence-corrected chi connectivity index (χ1v) is 9.21. The molecule has 0 saturated heterocycles. The Balaban J connectivity index is 1.69. The first-order chi connectivity index (χ1) is 13.3. The number of nitrogens with zero attached hydrogens (tertiary/aromatic N) is 4. The van der Waals surface area contributed by atoms with Crippen molar-refractivity contribution in [3.8, 4) is 11.3 Å². The summed E-state index contributed by atoms with van der Waals surface area (Å²) in [6, 6.07) is 10.1. The van der Waals surface area contributed by atoms with Gasteiger partial charge in [-0.3, -0.25) is 9.48 Å². The monoisotopic (exact) mass is 373 g/mol. The van der Waals surface area contributed by atoms with Crippen LogP contribution in [0.4, 0.5) is 5.69 Å². The van der Waals surface area contributed by atoms with Crippen molar-refractivity contribution in [1.82, 2.24) is 19.2 Å². The Morgan fingerprint density at radius 3 is 2.57 bits per heavy atom. The number of aromatic nitrogens is 4. The van der Waals surface area contributed by atoms with E-state index in [1.165, 1.54) is 5.56 Å². The van der Waals surface area contributed by atoms with Crippen molar-refractivity contribution in [1.29, 1.82) is 0 Å². The van der Waals surface area contributed by atoms with Gasteiger partial charge in [-0.25, -0.2) is 4.98 Å². The molecule has 1 N–H and O–H groups in total. The van der Waals surface area contributed by atoms with Gasteiger partial charge in [0.25, 0.3) is 5.91 Å². The van der Waals surface area contributed by atoms with E-state index in [0.717, 1.165) is 39.5 Å². The van der Waals surface area contributed by atoms with Gasteiger partial charge in [-0.15, -0.1) is 0 Å². The minimum Gasteiger partial charge on any atom is -0.322 e. The van der Waals surface area contributed by atoms with Crippen molar-refractivity contribution in [3.05, 3.63) is 70.8 Å². The molecule has 0 aliphatic carbocycles. The molecule has 0 saturated carbocycles. The number of nitrogens with one attached hydrogen (secondary N) is 1. The number of amides is 1. The molecule has 0 radical (unpaired) electrons. The molecule has 0 bridgehead atoms. The molecule has 0 unspecified atom stereocenters. The molecule has 1 amide bonds. The minimum atomic E-state index is -0.144. The van der Waals surface area contributed by atoms with Crippen molar-refractivity contribution in [3.63, 3.8) is 0 Å². The van der Waals surface area contributed by atoms with Crippen molar-refractivity contribution >= 4 is 17.2 Å². The maximum absolute atomic E-state index is 12.9. The van der Waals surface area contributed by atoms with Crippen LogP contribution in [0.3, 0.4) is 0 Å². The average Bonchev–Trinajstić information content (AvgIpc) is 3.17. The second-order valence-corrected chi connectivity index (χ2v) is 7.25. The third-order valence-corrected chi connectivity index (χ3v) is 5.13.